The Bertz CT molecular complexity index is 709. The Morgan fingerprint density at radius 2 is 1.05 bits per heavy atom. The normalized spacial score (nSPS) is 10.6. The average molecular weight is 304 g/mol. The molecule has 0 atom stereocenters. The summed E-state index contributed by atoms with van der Waals surface area (Å²) in [6.07, 6.45) is 0. The second-order valence-corrected chi connectivity index (χ2v) is 7.22. The fraction of sp³-hybridized carbons (Fsp3) is 0. The topological polar surface area (TPSA) is 20.2 Å². The Hall–Kier alpha value is -2.37. The van der Waals surface area contributed by atoms with Crippen molar-refractivity contribution in [3.63, 3.8) is 0 Å². The van der Waals surface area contributed by atoms with E-state index in [4.69, 9.17) is 0 Å². The zero-order chi connectivity index (χ0) is 15.4. The third-order valence-corrected chi connectivity index (χ3v) is 5.93. The first kappa shape index (κ1) is 14.6. The van der Waals surface area contributed by atoms with E-state index in [0.717, 1.165) is 5.56 Å². The molecule has 0 saturated carbocycles. The molecule has 1 N–H and O–H groups in total. The van der Waals surface area contributed by atoms with Gasteiger partial charge in [-0.25, -0.2) is 0 Å². The van der Waals surface area contributed by atoms with Crippen LogP contribution in [0.5, 0.6) is 0 Å². The minimum atomic E-state index is -0.589. The molecular formula is C20H17OP. The number of benzene rings is 3. The molecule has 0 aliphatic rings. The summed E-state index contributed by atoms with van der Waals surface area (Å²) in [6.45, 7) is 3.58. The first-order chi connectivity index (χ1) is 10.8. The van der Waals surface area contributed by atoms with Crippen molar-refractivity contribution in [2.75, 3.05) is 0 Å². The van der Waals surface area contributed by atoms with Crippen molar-refractivity contribution in [2.45, 2.75) is 0 Å². The number of aliphatic hydroxyl groups is 1. The average Bonchev–Trinajstić information content (AvgIpc) is 2.57. The maximum atomic E-state index is 9.50. The molecule has 22 heavy (non-hydrogen) atoms. The van der Waals surface area contributed by atoms with Crippen molar-refractivity contribution in [2.24, 2.45) is 0 Å². The molecule has 0 aliphatic carbocycles. The summed E-state index contributed by atoms with van der Waals surface area (Å²) in [5.41, 5.74) is 0.764. The smallest absolute Gasteiger partial charge is 0.115 e. The van der Waals surface area contributed by atoms with E-state index in [2.05, 4.69) is 67.2 Å². The van der Waals surface area contributed by atoms with Gasteiger partial charge >= 0.3 is 0 Å². The minimum Gasteiger partial charge on any atom is -0.508 e. The van der Waals surface area contributed by atoms with E-state index < -0.39 is 7.92 Å². The van der Waals surface area contributed by atoms with Crippen molar-refractivity contribution in [1.29, 1.82) is 0 Å². The van der Waals surface area contributed by atoms with E-state index in [1.165, 1.54) is 15.9 Å². The summed E-state index contributed by atoms with van der Waals surface area (Å²) in [7, 11) is -0.589. The third-order valence-electron chi connectivity index (χ3n) is 3.49. The molecule has 0 saturated heterocycles. The lowest BCUT2D eigenvalue weighted by molar-refractivity contribution is 0.514. The molecule has 0 aliphatic heterocycles. The van der Waals surface area contributed by atoms with Crippen molar-refractivity contribution in [3.05, 3.63) is 97.1 Å². The lowest BCUT2D eigenvalue weighted by Gasteiger charge is -2.19. The molecule has 0 heterocycles. The molecule has 0 bridgehead atoms. The van der Waals surface area contributed by atoms with Gasteiger partial charge in [0.25, 0.3) is 0 Å². The lowest BCUT2D eigenvalue weighted by atomic mass is 10.2. The Labute approximate surface area is 132 Å². The van der Waals surface area contributed by atoms with E-state index in [1.807, 2.05) is 24.3 Å². The van der Waals surface area contributed by atoms with Gasteiger partial charge < -0.3 is 5.11 Å². The predicted molar refractivity (Wildman–Crippen MR) is 96.8 cm³/mol. The summed E-state index contributed by atoms with van der Waals surface area (Å²) in [5.74, 6) is 0.107. The van der Waals surface area contributed by atoms with Crippen LogP contribution < -0.4 is 15.9 Å². The summed E-state index contributed by atoms with van der Waals surface area (Å²) < 4.78 is 0. The second-order valence-electron chi connectivity index (χ2n) is 5.00. The molecule has 108 valence electrons. The van der Waals surface area contributed by atoms with Gasteiger partial charge in [0.05, 0.1) is 0 Å². The zero-order valence-electron chi connectivity index (χ0n) is 12.2. The first-order valence-corrected chi connectivity index (χ1v) is 8.48. The van der Waals surface area contributed by atoms with Crippen LogP contribution in [0.2, 0.25) is 0 Å². The molecule has 0 aromatic heterocycles. The molecule has 0 unspecified atom stereocenters. The van der Waals surface area contributed by atoms with Gasteiger partial charge in [-0.15, -0.1) is 0 Å². The SMILES string of the molecule is C=C(O)c1ccc(P(c2ccccc2)c2ccccc2)cc1. The molecule has 2 heteroatoms. The molecule has 3 rings (SSSR count). The fourth-order valence-corrected chi connectivity index (χ4v) is 4.69. The first-order valence-electron chi connectivity index (χ1n) is 7.14. The van der Waals surface area contributed by atoms with Crippen LogP contribution in [0.4, 0.5) is 0 Å². The highest BCUT2D eigenvalue weighted by molar-refractivity contribution is 7.79. The van der Waals surface area contributed by atoms with Crippen LogP contribution in [0.25, 0.3) is 5.76 Å². The molecule has 0 radical (unpaired) electrons. The molecule has 3 aromatic rings. The Morgan fingerprint density at radius 1 is 0.636 bits per heavy atom. The van der Waals surface area contributed by atoms with E-state index >= 15 is 0 Å². The minimum absolute atomic E-state index is 0.107. The van der Waals surface area contributed by atoms with Gasteiger partial charge in [-0.05, 0) is 23.8 Å². The van der Waals surface area contributed by atoms with Crippen molar-refractivity contribution in [1.82, 2.24) is 0 Å². The monoisotopic (exact) mass is 304 g/mol. The van der Waals surface area contributed by atoms with Crippen molar-refractivity contribution >= 4 is 29.6 Å². The van der Waals surface area contributed by atoms with Gasteiger partial charge in [-0.3, -0.25) is 0 Å². The van der Waals surface area contributed by atoms with E-state index in [0.29, 0.717) is 0 Å². The van der Waals surface area contributed by atoms with Crippen molar-refractivity contribution < 1.29 is 5.11 Å². The summed E-state index contributed by atoms with van der Waals surface area (Å²) in [6, 6.07) is 29.2. The van der Waals surface area contributed by atoms with E-state index in [9.17, 15) is 5.11 Å². The molecule has 3 aromatic carbocycles. The summed E-state index contributed by atoms with van der Waals surface area (Å²) >= 11 is 0. The Kier molecular flexibility index (Phi) is 4.37. The fourth-order valence-electron chi connectivity index (χ4n) is 2.40. The van der Waals surface area contributed by atoms with E-state index in [1.54, 1.807) is 0 Å². The van der Waals surface area contributed by atoms with Gasteiger partial charge in [-0.2, -0.15) is 0 Å². The Balaban J connectivity index is 2.08. The maximum Gasteiger partial charge on any atom is 0.115 e. The van der Waals surface area contributed by atoms with Crippen LogP contribution >= 0.6 is 7.92 Å². The van der Waals surface area contributed by atoms with Crippen LogP contribution in [-0.4, -0.2) is 5.11 Å². The van der Waals surface area contributed by atoms with Gasteiger partial charge in [0.1, 0.15) is 5.76 Å². The highest BCUT2D eigenvalue weighted by Gasteiger charge is 2.15. The maximum absolute atomic E-state index is 9.50. The molecule has 0 fully saturated rings. The van der Waals surface area contributed by atoms with Gasteiger partial charge in [0, 0.05) is 5.56 Å². The van der Waals surface area contributed by atoms with Crippen molar-refractivity contribution in [3.8, 4) is 0 Å². The van der Waals surface area contributed by atoms with Crippen LogP contribution in [0.15, 0.2) is 91.5 Å². The molecular weight excluding hydrogens is 287 g/mol. The molecule has 0 amide bonds. The largest absolute Gasteiger partial charge is 0.508 e. The zero-order valence-corrected chi connectivity index (χ0v) is 13.1. The van der Waals surface area contributed by atoms with Crippen LogP contribution in [-0.2, 0) is 0 Å². The second kappa shape index (κ2) is 6.60. The predicted octanol–water partition coefficient (Wildman–Crippen LogP) is 3.97. The quantitative estimate of drug-likeness (QED) is 0.571. The highest BCUT2D eigenvalue weighted by atomic mass is 31.1. The number of aliphatic hydroxyl groups excluding tert-OH is 1. The van der Waals surface area contributed by atoms with E-state index in [-0.39, 0.29) is 5.76 Å². The van der Waals surface area contributed by atoms with Crippen LogP contribution in [0, 0.1) is 0 Å². The number of rotatable bonds is 4. The standard InChI is InChI=1S/C20H17OP/c1-16(21)17-12-14-20(15-13-17)22(18-8-4-2-5-9-18)19-10-6-3-7-11-19/h2-15,21H,1H2. The van der Waals surface area contributed by atoms with Gasteiger partial charge in [0.15, 0.2) is 0 Å². The molecule has 1 nitrogen and oxygen atoms in total. The number of hydrogen-bond donors (Lipinski definition) is 1. The Morgan fingerprint density at radius 3 is 1.45 bits per heavy atom. The molecule has 0 spiro atoms. The lowest BCUT2D eigenvalue weighted by Crippen LogP contribution is -2.20. The van der Waals surface area contributed by atoms with Crippen LogP contribution in [0.1, 0.15) is 5.56 Å². The highest BCUT2D eigenvalue weighted by Crippen LogP contribution is 2.32. The third kappa shape index (κ3) is 3.10. The van der Waals surface area contributed by atoms with Gasteiger partial charge in [0.2, 0.25) is 0 Å². The summed E-state index contributed by atoms with van der Waals surface area (Å²) in [4.78, 5) is 0. The summed E-state index contributed by atoms with van der Waals surface area (Å²) in [5, 5.41) is 13.4. The number of hydrogen-bond acceptors (Lipinski definition) is 1. The van der Waals surface area contributed by atoms with Gasteiger partial charge in [-0.1, -0.05) is 91.5 Å². The van der Waals surface area contributed by atoms with Crippen LogP contribution in [0.3, 0.4) is 0 Å².